The standard InChI is InChI=1S/C22H30N4O3/c1-4-29-22(28)21(27)26-11-9-25(10-12-26)20-18(14-23)16-7-5-6-8-17(16)19(24-20)13-15(2)3/h15H,4-13H2,1-3H3. The maximum Gasteiger partial charge on any atom is 0.397 e. The number of carbonyl (C=O) groups excluding carboxylic acids is 2. The van der Waals surface area contributed by atoms with E-state index in [0.29, 0.717) is 37.7 Å². The van der Waals surface area contributed by atoms with Crippen molar-refractivity contribution in [2.24, 2.45) is 5.92 Å². The Labute approximate surface area is 172 Å². The second kappa shape index (κ2) is 9.25. The molecule has 1 amide bonds. The molecule has 0 saturated carbocycles. The minimum Gasteiger partial charge on any atom is -0.459 e. The lowest BCUT2D eigenvalue weighted by Crippen LogP contribution is -2.51. The highest BCUT2D eigenvalue weighted by molar-refractivity contribution is 6.32. The van der Waals surface area contributed by atoms with E-state index >= 15 is 0 Å². The number of nitrogens with zero attached hydrogens (tertiary/aromatic N) is 4. The van der Waals surface area contributed by atoms with Gasteiger partial charge in [-0.2, -0.15) is 5.26 Å². The van der Waals surface area contributed by atoms with Gasteiger partial charge in [-0.25, -0.2) is 9.78 Å². The molecule has 1 aromatic rings. The lowest BCUT2D eigenvalue weighted by Gasteiger charge is -2.36. The van der Waals surface area contributed by atoms with E-state index in [1.807, 2.05) is 0 Å². The number of rotatable bonds is 4. The van der Waals surface area contributed by atoms with E-state index in [1.54, 1.807) is 6.92 Å². The summed E-state index contributed by atoms with van der Waals surface area (Å²) < 4.78 is 4.82. The summed E-state index contributed by atoms with van der Waals surface area (Å²) in [6, 6.07) is 2.41. The average molecular weight is 399 g/mol. The molecule has 1 aliphatic carbocycles. The van der Waals surface area contributed by atoms with Crippen LogP contribution in [0.15, 0.2) is 0 Å². The summed E-state index contributed by atoms with van der Waals surface area (Å²) in [6.45, 7) is 8.18. The largest absolute Gasteiger partial charge is 0.459 e. The van der Waals surface area contributed by atoms with Gasteiger partial charge in [-0.1, -0.05) is 13.8 Å². The van der Waals surface area contributed by atoms with E-state index < -0.39 is 11.9 Å². The summed E-state index contributed by atoms with van der Waals surface area (Å²) in [5.74, 6) is -0.156. The molecule has 7 nitrogen and oxygen atoms in total. The molecule has 156 valence electrons. The quantitative estimate of drug-likeness (QED) is 0.571. The molecule has 0 N–H and O–H groups in total. The molecule has 0 aromatic carbocycles. The van der Waals surface area contributed by atoms with Crippen molar-refractivity contribution in [1.29, 1.82) is 5.26 Å². The number of aromatic nitrogens is 1. The zero-order valence-electron chi connectivity index (χ0n) is 17.7. The number of carbonyl (C=O) groups is 2. The van der Waals surface area contributed by atoms with Crippen molar-refractivity contribution in [2.75, 3.05) is 37.7 Å². The summed E-state index contributed by atoms with van der Waals surface area (Å²) in [4.78, 5) is 32.5. The van der Waals surface area contributed by atoms with Gasteiger partial charge in [-0.3, -0.25) is 4.79 Å². The number of nitriles is 1. The monoisotopic (exact) mass is 398 g/mol. The fraction of sp³-hybridized carbons (Fsp3) is 0.636. The van der Waals surface area contributed by atoms with Gasteiger partial charge in [-0.05, 0) is 56.1 Å². The lowest BCUT2D eigenvalue weighted by molar-refractivity contribution is -0.160. The van der Waals surface area contributed by atoms with E-state index in [2.05, 4.69) is 24.8 Å². The van der Waals surface area contributed by atoms with Crippen LogP contribution in [0.5, 0.6) is 0 Å². The highest BCUT2D eigenvalue weighted by Crippen LogP contribution is 2.33. The van der Waals surface area contributed by atoms with Crippen molar-refractivity contribution in [3.05, 3.63) is 22.4 Å². The van der Waals surface area contributed by atoms with E-state index in [-0.39, 0.29) is 6.61 Å². The fourth-order valence-corrected chi connectivity index (χ4v) is 4.23. The normalized spacial score (nSPS) is 16.4. The van der Waals surface area contributed by atoms with Gasteiger partial charge < -0.3 is 14.5 Å². The summed E-state index contributed by atoms with van der Waals surface area (Å²) in [5, 5.41) is 9.91. The summed E-state index contributed by atoms with van der Waals surface area (Å²) in [5.41, 5.74) is 4.26. The summed E-state index contributed by atoms with van der Waals surface area (Å²) >= 11 is 0. The molecule has 0 radical (unpaired) electrons. The number of pyridine rings is 1. The number of hydrogen-bond acceptors (Lipinski definition) is 6. The van der Waals surface area contributed by atoms with Crippen LogP contribution in [0.4, 0.5) is 5.82 Å². The highest BCUT2D eigenvalue weighted by Gasteiger charge is 2.30. The van der Waals surface area contributed by atoms with Crippen LogP contribution in [0.1, 0.15) is 56.0 Å². The van der Waals surface area contributed by atoms with Gasteiger partial charge in [0.05, 0.1) is 12.2 Å². The SMILES string of the molecule is CCOC(=O)C(=O)N1CCN(c2nc(CC(C)C)c3c(c2C#N)CCCC3)CC1. The Morgan fingerprint density at radius 3 is 2.38 bits per heavy atom. The van der Waals surface area contributed by atoms with Gasteiger partial charge in [0.15, 0.2) is 0 Å². The number of amides is 1. The molecule has 7 heteroatoms. The molecule has 0 atom stereocenters. The smallest absolute Gasteiger partial charge is 0.397 e. The Kier molecular flexibility index (Phi) is 6.73. The second-order valence-corrected chi connectivity index (χ2v) is 8.13. The third kappa shape index (κ3) is 4.52. The van der Waals surface area contributed by atoms with Gasteiger partial charge in [0, 0.05) is 31.9 Å². The number of ether oxygens (including phenoxy) is 1. The number of fused-ring (bicyclic) bond motifs is 1. The first-order valence-electron chi connectivity index (χ1n) is 10.6. The van der Waals surface area contributed by atoms with Crippen LogP contribution < -0.4 is 4.90 Å². The maximum absolute atomic E-state index is 12.2. The van der Waals surface area contributed by atoms with Crippen molar-refractivity contribution in [3.8, 4) is 6.07 Å². The molecule has 2 aliphatic rings. The van der Waals surface area contributed by atoms with Gasteiger partial charge >= 0.3 is 11.9 Å². The summed E-state index contributed by atoms with van der Waals surface area (Å²) in [7, 11) is 0. The minimum atomic E-state index is -0.801. The van der Waals surface area contributed by atoms with Crippen LogP contribution in [0, 0.1) is 17.2 Å². The first-order valence-corrected chi connectivity index (χ1v) is 10.6. The Bertz CT molecular complexity index is 820. The molecule has 3 rings (SSSR count). The van der Waals surface area contributed by atoms with Gasteiger partial charge in [0.2, 0.25) is 0 Å². The third-order valence-corrected chi connectivity index (χ3v) is 5.61. The molecule has 0 spiro atoms. The predicted molar refractivity (Wildman–Crippen MR) is 110 cm³/mol. The van der Waals surface area contributed by atoms with Gasteiger partial charge in [0.25, 0.3) is 0 Å². The number of piperazine rings is 1. The molecule has 2 heterocycles. The van der Waals surface area contributed by atoms with Crippen molar-refractivity contribution >= 4 is 17.7 Å². The van der Waals surface area contributed by atoms with Crippen molar-refractivity contribution in [1.82, 2.24) is 9.88 Å². The molecule has 1 aliphatic heterocycles. The highest BCUT2D eigenvalue weighted by atomic mass is 16.5. The molecular formula is C22H30N4O3. The van der Waals surface area contributed by atoms with Crippen LogP contribution in [0.2, 0.25) is 0 Å². The second-order valence-electron chi connectivity index (χ2n) is 8.13. The van der Waals surface area contributed by atoms with E-state index in [9.17, 15) is 14.9 Å². The maximum atomic E-state index is 12.2. The third-order valence-electron chi connectivity index (χ3n) is 5.61. The van der Waals surface area contributed by atoms with Crippen LogP contribution in [-0.2, 0) is 33.6 Å². The predicted octanol–water partition coefficient (Wildman–Crippen LogP) is 2.24. The Balaban J connectivity index is 1.85. The fourth-order valence-electron chi connectivity index (χ4n) is 4.23. The van der Waals surface area contributed by atoms with E-state index in [0.717, 1.165) is 43.6 Å². The van der Waals surface area contributed by atoms with E-state index in [1.165, 1.54) is 16.0 Å². The van der Waals surface area contributed by atoms with Crippen LogP contribution in [-0.4, -0.2) is 54.5 Å². The number of hydrogen-bond donors (Lipinski definition) is 0. The van der Waals surface area contributed by atoms with Gasteiger partial charge in [0.1, 0.15) is 11.9 Å². The van der Waals surface area contributed by atoms with Crippen LogP contribution in [0.25, 0.3) is 0 Å². The Hall–Kier alpha value is -2.62. The first kappa shape index (κ1) is 21.1. The van der Waals surface area contributed by atoms with Crippen LogP contribution in [0.3, 0.4) is 0 Å². The summed E-state index contributed by atoms with van der Waals surface area (Å²) in [6.07, 6.45) is 5.09. The van der Waals surface area contributed by atoms with E-state index in [4.69, 9.17) is 9.72 Å². The molecule has 1 fully saturated rings. The Morgan fingerprint density at radius 1 is 1.14 bits per heavy atom. The van der Waals surface area contributed by atoms with Gasteiger partial charge in [-0.15, -0.1) is 0 Å². The topological polar surface area (TPSA) is 86.5 Å². The first-order chi connectivity index (χ1) is 14.0. The minimum absolute atomic E-state index is 0.188. The molecule has 0 unspecified atom stereocenters. The lowest BCUT2D eigenvalue weighted by atomic mass is 9.85. The molecular weight excluding hydrogens is 368 g/mol. The molecule has 1 aromatic heterocycles. The number of anilines is 1. The average Bonchev–Trinajstić information content (AvgIpc) is 2.73. The Morgan fingerprint density at radius 2 is 1.79 bits per heavy atom. The molecule has 1 saturated heterocycles. The number of esters is 1. The zero-order valence-corrected chi connectivity index (χ0v) is 17.7. The van der Waals surface area contributed by atoms with Crippen molar-refractivity contribution in [2.45, 2.75) is 52.9 Å². The molecule has 29 heavy (non-hydrogen) atoms. The molecule has 0 bridgehead atoms. The van der Waals surface area contributed by atoms with Crippen molar-refractivity contribution < 1.29 is 14.3 Å². The van der Waals surface area contributed by atoms with Crippen molar-refractivity contribution in [3.63, 3.8) is 0 Å². The van der Waals surface area contributed by atoms with Crippen LogP contribution >= 0.6 is 0 Å². The zero-order chi connectivity index (χ0) is 21.0.